The van der Waals surface area contributed by atoms with E-state index < -0.39 is 0 Å². The third-order valence-corrected chi connectivity index (χ3v) is 3.33. The molecule has 0 rings (SSSR count). The van der Waals surface area contributed by atoms with Crippen LogP contribution in [0.5, 0.6) is 0 Å². The van der Waals surface area contributed by atoms with Gasteiger partial charge in [0.25, 0.3) is 0 Å². The molecule has 0 aromatic rings. The van der Waals surface area contributed by atoms with Crippen LogP contribution in [-0.4, -0.2) is 62.6 Å². The molecule has 104 valence electrons. The number of nitrogens with one attached hydrogen (secondary N) is 2. The van der Waals surface area contributed by atoms with Gasteiger partial charge >= 0.3 is 0 Å². The standard InChI is InChI=1S/C11H26N4S.HI/c1-11(2,15(4)5)9-14-10(12-3)13-7-8-16-6;/h7-9H2,1-6H3,(H2,12,13,14);1H. The van der Waals surface area contributed by atoms with E-state index in [0.29, 0.717) is 0 Å². The van der Waals surface area contributed by atoms with Crippen LogP contribution in [0, 0.1) is 0 Å². The van der Waals surface area contributed by atoms with Gasteiger partial charge in [0.15, 0.2) is 5.96 Å². The van der Waals surface area contributed by atoms with E-state index in [-0.39, 0.29) is 29.5 Å². The number of nitrogens with zero attached hydrogens (tertiary/aromatic N) is 2. The molecule has 0 atom stereocenters. The molecule has 0 heterocycles. The van der Waals surface area contributed by atoms with Gasteiger partial charge in [-0.15, -0.1) is 24.0 Å². The molecule has 4 nitrogen and oxygen atoms in total. The molecular formula is C11H27IN4S. The Hall–Kier alpha value is 0.310. The van der Waals surface area contributed by atoms with Crippen LogP contribution < -0.4 is 10.6 Å². The molecule has 0 radical (unpaired) electrons. The predicted octanol–water partition coefficient (Wildman–Crippen LogP) is 1.47. The number of hydrogen-bond donors (Lipinski definition) is 2. The molecule has 0 unspecified atom stereocenters. The number of thioether (sulfide) groups is 1. The topological polar surface area (TPSA) is 39.7 Å². The first-order valence-corrected chi connectivity index (χ1v) is 6.94. The zero-order chi connectivity index (χ0) is 12.6. The minimum absolute atomic E-state index is 0. The maximum atomic E-state index is 4.19. The SMILES string of the molecule is CN=C(NCCSC)NCC(C)(C)N(C)C.I. The Bertz CT molecular complexity index is 220. The van der Waals surface area contributed by atoms with Crippen molar-refractivity contribution in [2.45, 2.75) is 19.4 Å². The monoisotopic (exact) mass is 374 g/mol. The van der Waals surface area contributed by atoms with E-state index >= 15 is 0 Å². The summed E-state index contributed by atoms with van der Waals surface area (Å²) in [5.41, 5.74) is 0.122. The van der Waals surface area contributed by atoms with Crippen molar-refractivity contribution in [2.75, 3.05) is 46.2 Å². The summed E-state index contributed by atoms with van der Waals surface area (Å²) in [5.74, 6) is 1.97. The number of rotatable bonds is 6. The highest BCUT2D eigenvalue weighted by Crippen LogP contribution is 2.07. The normalized spacial score (nSPS) is 12.3. The molecule has 0 amide bonds. The summed E-state index contributed by atoms with van der Waals surface area (Å²) in [6.07, 6.45) is 2.10. The van der Waals surface area contributed by atoms with Gasteiger partial charge in [-0.25, -0.2) is 0 Å². The van der Waals surface area contributed by atoms with Crippen LogP contribution >= 0.6 is 35.7 Å². The lowest BCUT2D eigenvalue weighted by Crippen LogP contribution is -2.51. The van der Waals surface area contributed by atoms with Crippen molar-refractivity contribution in [3.8, 4) is 0 Å². The van der Waals surface area contributed by atoms with E-state index in [1.807, 2.05) is 11.8 Å². The van der Waals surface area contributed by atoms with E-state index in [2.05, 4.69) is 54.7 Å². The zero-order valence-electron chi connectivity index (χ0n) is 11.8. The lowest BCUT2D eigenvalue weighted by atomic mass is 10.0. The first-order chi connectivity index (χ1) is 7.44. The number of aliphatic imine (C=N–C) groups is 1. The molecule has 0 saturated carbocycles. The Morgan fingerprint density at radius 3 is 2.29 bits per heavy atom. The maximum Gasteiger partial charge on any atom is 0.191 e. The van der Waals surface area contributed by atoms with Crippen molar-refractivity contribution in [1.29, 1.82) is 0 Å². The Kier molecular flexibility index (Phi) is 11.8. The van der Waals surface area contributed by atoms with Crippen molar-refractivity contribution in [1.82, 2.24) is 15.5 Å². The smallest absolute Gasteiger partial charge is 0.191 e. The third kappa shape index (κ3) is 8.96. The molecule has 0 aliphatic carbocycles. The fraction of sp³-hybridized carbons (Fsp3) is 0.909. The summed E-state index contributed by atoms with van der Waals surface area (Å²) in [7, 11) is 5.98. The molecule has 0 aromatic heterocycles. The number of likely N-dealkylation sites (N-methyl/N-ethyl adjacent to an activating group) is 1. The summed E-state index contributed by atoms with van der Waals surface area (Å²) in [6.45, 7) is 6.23. The minimum atomic E-state index is 0. The third-order valence-electron chi connectivity index (χ3n) is 2.72. The average Bonchev–Trinajstić information content (AvgIpc) is 2.23. The van der Waals surface area contributed by atoms with Crippen molar-refractivity contribution >= 4 is 41.7 Å². The highest BCUT2D eigenvalue weighted by Gasteiger charge is 2.20. The first-order valence-electron chi connectivity index (χ1n) is 5.55. The lowest BCUT2D eigenvalue weighted by molar-refractivity contribution is 0.197. The lowest BCUT2D eigenvalue weighted by Gasteiger charge is -2.33. The molecule has 0 aliphatic heterocycles. The summed E-state index contributed by atoms with van der Waals surface area (Å²) < 4.78 is 0. The van der Waals surface area contributed by atoms with E-state index in [9.17, 15) is 0 Å². The Balaban J connectivity index is 0. The molecule has 0 saturated heterocycles. The van der Waals surface area contributed by atoms with E-state index in [1.165, 1.54) is 0 Å². The van der Waals surface area contributed by atoms with Crippen LogP contribution in [0.3, 0.4) is 0 Å². The summed E-state index contributed by atoms with van der Waals surface area (Å²) in [6, 6.07) is 0. The number of guanidine groups is 1. The molecule has 0 aromatic carbocycles. The van der Waals surface area contributed by atoms with Gasteiger partial charge in [0.05, 0.1) is 0 Å². The molecule has 6 heteroatoms. The average molecular weight is 374 g/mol. The Morgan fingerprint density at radius 1 is 1.29 bits per heavy atom. The van der Waals surface area contributed by atoms with E-state index in [1.54, 1.807) is 7.05 Å². The van der Waals surface area contributed by atoms with E-state index in [4.69, 9.17) is 0 Å². The second kappa shape index (κ2) is 10.3. The first kappa shape index (κ1) is 19.6. The van der Waals surface area contributed by atoms with Gasteiger partial charge in [-0.1, -0.05) is 0 Å². The molecule has 0 aliphatic rings. The van der Waals surface area contributed by atoms with Gasteiger partial charge in [0.2, 0.25) is 0 Å². The van der Waals surface area contributed by atoms with Gasteiger partial charge in [-0.3, -0.25) is 4.99 Å². The van der Waals surface area contributed by atoms with Crippen LogP contribution in [0.2, 0.25) is 0 Å². The van der Waals surface area contributed by atoms with Gasteiger partial charge < -0.3 is 15.5 Å². The fourth-order valence-electron chi connectivity index (χ4n) is 0.950. The molecule has 0 spiro atoms. The van der Waals surface area contributed by atoms with Crippen molar-refractivity contribution in [3.63, 3.8) is 0 Å². The van der Waals surface area contributed by atoms with Crippen molar-refractivity contribution < 1.29 is 0 Å². The highest BCUT2D eigenvalue weighted by molar-refractivity contribution is 14.0. The van der Waals surface area contributed by atoms with Gasteiger partial charge in [0, 0.05) is 31.4 Å². The molecular weight excluding hydrogens is 347 g/mol. The summed E-state index contributed by atoms with van der Waals surface area (Å²) in [5, 5.41) is 6.62. The number of halogens is 1. The maximum absolute atomic E-state index is 4.19. The summed E-state index contributed by atoms with van der Waals surface area (Å²) >= 11 is 1.83. The highest BCUT2D eigenvalue weighted by atomic mass is 127. The minimum Gasteiger partial charge on any atom is -0.356 e. The molecule has 2 N–H and O–H groups in total. The van der Waals surface area contributed by atoms with Crippen LogP contribution in [0.4, 0.5) is 0 Å². The quantitative estimate of drug-likeness (QED) is 0.320. The van der Waals surface area contributed by atoms with Crippen LogP contribution in [0.25, 0.3) is 0 Å². The van der Waals surface area contributed by atoms with Crippen LogP contribution in [0.1, 0.15) is 13.8 Å². The van der Waals surface area contributed by atoms with Crippen LogP contribution in [0.15, 0.2) is 4.99 Å². The predicted molar refractivity (Wildman–Crippen MR) is 90.9 cm³/mol. The Labute approximate surface area is 127 Å². The Morgan fingerprint density at radius 2 is 1.88 bits per heavy atom. The van der Waals surface area contributed by atoms with Gasteiger partial charge in [-0.2, -0.15) is 11.8 Å². The molecule has 17 heavy (non-hydrogen) atoms. The van der Waals surface area contributed by atoms with Crippen molar-refractivity contribution in [3.05, 3.63) is 0 Å². The zero-order valence-corrected chi connectivity index (χ0v) is 15.0. The molecule has 0 fully saturated rings. The second-order valence-electron chi connectivity index (χ2n) is 4.55. The van der Waals surface area contributed by atoms with Crippen LogP contribution in [-0.2, 0) is 0 Å². The summed E-state index contributed by atoms with van der Waals surface area (Å²) in [4.78, 5) is 6.39. The second-order valence-corrected chi connectivity index (χ2v) is 5.54. The van der Waals surface area contributed by atoms with Gasteiger partial charge in [-0.05, 0) is 34.2 Å². The largest absolute Gasteiger partial charge is 0.356 e. The molecule has 0 bridgehead atoms. The number of hydrogen-bond acceptors (Lipinski definition) is 3. The van der Waals surface area contributed by atoms with E-state index in [0.717, 1.165) is 24.8 Å². The fourth-order valence-corrected chi connectivity index (χ4v) is 1.26. The van der Waals surface area contributed by atoms with Crippen molar-refractivity contribution in [2.24, 2.45) is 4.99 Å². The van der Waals surface area contributed by atoms with Gasteiger partial charge in [0.1, 0.15) is 0 Å².